The molecule has 0 radical (unpaired) electrons. The van der Waals surface area contributed by atoms with E-state index in [2.05, 4.69) is 5.32 Å². The van der Waals surface area contributed by atoms with E-state index >= 15 is 0 Å². The summed E-state index contributed by atoms with van der Waals surface area (Å²) < 4.78 is 0. The van der Waals surface area contributed by atoms with Gasteiger partial charge in [0.2, 0.25) is 5.91 Å². The van der Waals surface area contributed by atoms with Crippen LogP contribution in [0.2, 0.25) is 10.0 Å². The minimum Gasteiger partial charge on any atom is -0.349 e. The lowest BCUT2D eigenvalue weighted by Crippen LogP contribution is -2.39. The first-order valence-corrected chi connectivity index (χ1v) is 6.59. The Hall–Kier alpha value is -0.770. The Morgan fingerprint density at radius 2 is 1.89 bits per heavy atom. The maximum absolute atomic E-state index is 11.9. The molecule has 0 saturated carbocycles. The van der Waals surface area contributed by atoms with Gasteiger partial charge in [0.15, 0.2) is 0 Å². The molecule has 0 heterocycles. The fourth-order valence-corrected chi connectivity index (χ4v) is 2.09. The molecule has 0 aliphatic heterocycles. The van der Waals surface area contributed by atoms with Crippen molar-refractivity contribution in [2.24, 2.45) is 11.7 Å². The Kier molecular flexibility index (Phi) is 5.45. The largest absolute Gasteiger partial charge is 0.349 e. The molecule has 1 aromatic rings. The van der Waals surface area contributed by atoms with Gasteiger partial charge in [0.05, 0.1) is 6.04 Å². The molecule has 3 atom stereocenters. The van der Waals surface area contributed by atoms with Crippen molar-refractivity contribution in [3.05, 3.63) is 33.8 Å². The quantitative estimate of drug-likeness (QED) is 0.894. The fraction of sp³-hybridized carbons (Fsp3) is 0.462. The average Bonchev–Trinajstić information content (AvgIpc) is 2.27. The van der Waals surface area contributed by atoms with Crippen LogP contribution >= 0.6 is 23.2 Å². The summed E-state index contributed by atoms with van der Waals surface area (Å²) in [5, 5.41) is 4.01. The lowest BCUT2D eigenvalue weighted by Gasteiger charge is -2.20. The molecule has 0 aliphatic carbocycles. The van der Waals surface area contributed by atoms with Crippen molar-refractivity contribution in [3.63, 3.8) is 0 Å². The Morgan fingerprint density at radius 1 is 1.28 bits per heavy atom. The molecule has 100 valence electrons. The normalized spacial score (nSPS) is 15.9. The molecule has 1 rings (SSSR count). The van der Waals surface area contributed by atoms with E-state index in [1.807, 2.05) is 19.9 Å². The maximum atomic E-state index is 11.9. The molecule has 1 aromatic carbocycles. The van der Waals surface area contributed by atoms with Crippen LogP contribution < -0.4 is 11.1 Å². The molecule has 0 saturated heterocycles. The van der Waals surface area contributed by atoms with E-state index in [0.717, 1.165) is 5.56 Å². The predicted octanol–water partition coefficient (Wildman–Crippen LogP) is 3.15. The summed E-state index contributed by atoms with van der Waals surface area (Å²) in [6, 6.07) is 4.86. The third-order valence-electron chi connectivity index (χ3n) is 2.99. The second-order valence-electron chi connectivity index (χ2n) is 4.54. The third kappa shape index (κ3) is 3.87. The van der Waals surface area contributed by atoms with Gasteiger partial charge in [-0.15, -0.1) is 0 Å². The second kappa shape index (κ2) is 6.41. The number of hydrogen-bond donors (Lipinski definition) is 2. The number of carbonyl (C=O) groups excluding carboxylic acids is 1. The van der Waals surface area contributed by atoms with E-state index < -0.39 is 0 Å². The lowest BCUT2D eigenvalue weighted by atomic mass is 10.0. The van der Waals surface area contributed by atoms with Crippen LogP contribution in [-0.2, 0) is 4.79 Å². The molecule has 0 aliphatic rings. The molecule has 3 N–H and O–H groups in total. The van der Waals surface area contributed by atoms with Crippen LogP contribution in [0.15, 0.2) is 18.2 Å². The first kappa shape index (κ1) is 15.3. The monoisotopic (exact) mass is 288 g/mol. The predicted molar refractivity (Wildman–Crippen MR) is 75.8 cm³/mol. The first-order valence-electron chi connectivity index (χ1n) is 5.83. The molecule has 0 aromatic heterocycles. The molecular weight excluding hydrogens is 271 g/mol. The van der Waals surface area contributed by atoms with Gasteiger partial charge >= 0.3 is 0 Å². The van der Waals surface area contributed by atoms with Crippen molar-refractivity contribution in [3.8, 4) is 0 Å². The summed E-state index contributed by atoms with van der Waals surface area (Å²) >= 11 is 11.9. The summed E-state index contributed by atoms with van der Waals surface area (Å²) in [5.41, 5.74) is 6.54. The van der Waals surface area contributed by atoms with Crippen LogP contribution in [0.5, 0.6) is 0 Å². The van der Waals surface area contributed by atoms with Crippen molar-refractivity contribution in [2.75, 3.05) is 0 Å². The van der Waals surface area contributed by atoms with Gasteiger partial charge in [-0.1, -0.05) is 36.2 Å². The van der Waals surface area contributed by atoms with Crippen molar-refractivity contribution in [1.29, 1.82) is 0 Å². The number of nitrogens with one attached hydrogen (secondary N) is 1. The van der Waals surface area contributed by atoms with Gasteiger partial charge in [-0.05, 0) is 31.5 Å². The molecule has 5 heteroatoms. The van der Waals surface area contributed by atoms with Crippen molar-refractivity contribution in [1.82, 2.24) is 5.32 Å². The molecule has 0 spiro atoms. The summed E-state index contributed by atoms with van der Waals surface area (Å²) in [6.07, 6.45) is 0. The second-order valence-corrected chi connectivity index (χ2v) is 5.39. The number of carbonyl (C=O) groups is 1. The number of hydrogen-bond acceptors (Lipinski definition) is 2. The summed E-state index contributed by atoms with van der Waals surface area (Å²) in [7, 11) is 0. The highest BCUT2D eigenvalue weighted by atomic mass is 35.5. The Labute approximate surface area is 118 Å². The minimum atomic E-state index is -0.237. The zero-order chi connectivity index (χ0) is 13.9. The zero-order valence-electron chi connectivity index (χ0n) is 10.7. The Balaban J connectivity index is 2.76. The van der Waals surface area contributed by atoms with E-state index in [0.29, 0.717) is 10.0 Å². The average molecular weight is 289 g/mol. The van der Waals surface area contributed by atoms with E-state index in [1.165, 1.54) is 0 Å². The zero-order valence-corrected chi connectivity index (χ0v) is 12.2. The molecule has 3 unspecified atom stereocenters. The van der Waals surface area contributed by atoms with Gasteiger partial charge in [-0.25, -0.2) is 0 Å². The highest BCUT2D eigenvalue weighted by Crippen LogP contribution is 2.26. The topological polar surface area (TPSA) is 55.1 Å². The number of nitrogens with two attached hydrogens (primary N) is 1. The van der Waals surface area contributed by atoms with Crippen molar-refractivity contribution in [2.45, 2.75) is 32.9 Å². The van der Waals surface area contributed by atoms with Gasteiger partial charge in [-0.3, -0.25) is 4.79 Å². The molecule has 3 nitrogen and oxygen atoms in total. The molecule has 0 bridgehead atoms. The van der Waals surface area contributed by atoms with Crippen LogP contribution in [0.3, 0.4) is 0 Å². The summed E-state index contributed by atoms with van der Waals surface area (Å²) in [6.45, 7) is 5.49. The third-order valence-corrected chi connectivity index (χ3v) is 3.55. The van der Waals surface area contributed by atoms with Gasteiger partial charge < -0.3 is 11.1 Å². The fourth-order valence-electron chi connectivity index (χ4n) is 1.51. The van der Waals surface area contributed by atoms with Gasteiger partial charge in [0.1, 0.15) is 0 Å². The van der Waals surface area contributed by atoms with Crippen LogP contribution in [0, 0.1) is 5.92 Å². The number of rotatable bonds is 4. The maximum Gasteiger partial charge on any atom is 0.224 e. The van der Waals surface area contributed by atoms with Crippen molar-refractivity contribution >= 4 is 29.1 Å². The Bertz CT molecular complexity index is 435. The molecule has 1 amide bonds. The van der Waals surface area contributed by atoms with Crippen LogP contribution in [0.1, 0.15) is 32.4 Å². The lowest BCUT2D eigenvalue weighted by molar-refractivity contribution is -0.125. The van der Waals surface area contributed by atoms with Crippen molar-refractivity contribution < 1.29 is 4.79 Å². The standard InChI is InChI=1S/C13H18Cl2N2O/c1-7(8(2)16)13(18)17-9(3)11-5-4-10(14)6-12(11)15/h4-9H,16H2,1-3H3,(H,17,18). The molecular formula is C13H18Cl2N2O. The van der Waals surface area contributed by atoms with Gasteiger partial charge in [0, 0.05) is 22.0 Å². The van der Waals surface area contributed by atoms with Gasteiger partial charge in [0.25, 0.3) is 0 Å². The van der Waals surface area contributed by atoms with Gasteiger partial charge in [-0.2, -0.15) is 0 Å². The number of benzene rings is 1. The molecule has 0 fully saturated rings. The first-order chi connectivity index (χ1) is 8.32. The van der Waals surface area contributed by atoms with E-state index in [-0.39, 0.29) is 23.9 Å². The van der Waals surface area contributed by atoms with E-state index in [4.69, 9.17) is 28.9 Å². The number of amides is 1. The molecule has 18 heavy (non-hydrogen) atoms. The summed E-state index contributed by atoms with van der Waals surface area (Å²) in [4.78, 5) is 11.9. The Morgan fingerprint density at radius 3 is 2.39 bits per heavy atom. The van der Waals surface area contributed by atoms with Crippen LogP contribution in [0.4, 0.5) is 0 Å². The number of halogens is 2. The smallest absolute Gasteiger partial charge is 0.224 e. The SMILES string of the molecule is CC(NC(=O)C(C)C(C)N)c1ccc(Cl)cc1Cl. The summed E-state index contributed by atoms with van der Waals surface area (Å²) in [5.74, 6) is -0.318. The highest BCUT2D eigenvalue weighted by Gasteiger charge is 2.20. The van der Waals surface area contributed by atoms with E-state index in [1.54, 1.807) is 19.1 Å². The highest BCUT2D eigenvalue weighted by molar-refractivity contribution is 6.35. The van der Waals surface area contributed by atoms with Crippen LogP contribution in [0.25, 0.3) is 0 Å². The van der Waals surface area contributed by atoms with E-state index in [9.17, 15) is 4.79 Å². The minimum absolute atomic E-state index is 0.0801. The van der Waals surface area contributed by atoms with Crippen LogP contribution in [-0.4, -0.2) is 11.9 Å².